The van der Waals surface area contributed by atoms with Gasteiger partial charge < -0.3 is 0 Å². The smallest absolute Gasteiger partial charge is 0.230 e. The Morgan fingerprint density at radius 3 is 1.38 bits per heavy atom. The first kappa shape index (κ1) is 14.2. The highest BCUT2D eigenvalue weighted by atomic mass is 16.6. The standard InChI is InChI=1S/C7H13N3O6/c1-5(3-8(11)12)7(10(15)16)6(2)4-9(13)14/h5-7H,3-4H2,1-2H3. The maximum absolute atomic E-state index is 10.7. The number of hydrogen-bond acceptors (Lipinski definition) is 6. The lowest BCUT2D eigenvalue weighted by atomic mass is 9.91. The summed E-state index contributed by atoms with van der Waals surface area (Å²) in [7, 11) is 0. The molecule has 0 amide bonds. The number of hydrogen-bond donors (Lipinski definition) is 0. The molecule has 0 aromatic carbocycles. The molecule has 0 aromatic rings. The van der Waals surface area contributed by atoms with Gasteiger partial charge in [-0.2, -0.15) is 0 Å². The summed E-state index contributed by atoms with van der Waals surface area (Å²) in [5.41, 5.74) is 0. The van der Waals surface area contributed by atoms with E-state index in [1.165, 1.54) is 13.8 Å². The highest BCUT2D eigenvalue weighted by Crippen LogP contribution is 2.17. The molecule has 0 heterocycles. The molecule has 0 aliphatic heterocycles. The van der Waals surface area contributed by atoms with Gasteiger partial charge in [-0.15, -0.1) is 0 Å². The SMILES string of the molecule is CC(C[N+](=O)[O-])C(C(C)C[N+](=O)[O-])[N+](=O)[O-]. The van der Waals surface area contributed by atoms with E-state index in [0.717, 1.165) is 0 Å². The third-order valence-corrected chi connectivity index (χ3v) is 2.28. The van der Waals surface area contributed by atoms with Gasteiger partial charge in [0, 0.05) is 14.8 Å². The topological polar surface area (TPSA) is 129 Å². The van der Waals surface area contributed by atoms with Crippen LogP contribution in [-0.4, -0.2) is 33.9 Å². The largest absolute Gasteiger partial charge is 0.265 e. The maximum Gasteiger partial charge on any atom is 0.230 e. The summed E-state index contributed by atoms with van der Waals surface area (Å²) in [6.07, 6.45) is 0. The van der Waals surface area contributed by atoms with Crippen molar-refractivity contribution in [2.75, 3.05) is 13.1 Å². The molecule has 0 N–H and O–H groups in total. The maximum atomic E-state index is 10.7. The summed E-state index contributed by atoms with van der Waals surface area (Å²) in [5.74, 6) is -1.67. The van der Waals surface area contributed by atoms with E-state index in [1.54, 1.807) is 0 Å². The van der Waals surface area contributed by atoms with Crippen LogP contribution >= 0.6 is 0 Å². The quantitative estimate of drug-likeness (QED) is 0.465. The average molecular weight is 235 g/mol. The van der Waals surface area contributed by atoms with Gasteiger partial charge in [-0.1, -0.05) is 0 Å². The van der Waals surface area contributed by atoms with Gasteiger partial charge in [-0.25, -0.2) is 0 Å². The highest BCUT2D eigenvalue weighted by molar-refractivity contribution is 4.70. The zero-order valence-electron chi connectivity index (χ0n) is 8.94. The van der Waals surface area contributed by atoms with E-state index in [1.807, 2.05) is 0 Å². The number of nitrogens with zero attached hydrogens (tertiary/aromatic N) is 3. The summed E-state index contributed by atoms with van der Waals surface area (Å²) < 4.78 is 0. The lowest BCUT2D eigenvalue weighted by molar-refractivity contribution is -0.575. The molecule has 2 atom stereocenters. The van der Waals surface area contributed by atoms with Crippen LogP contribution in [0.2, 0.25) is 0 Å². The van der Waals surface area contributed by atoms with Crippen molar-refractivity contribution in [3.8, 4) is 0 Å². The zero-order valence-corrected chi connectivity index (χ0v) is 8.94. The van der Waals surface area contributed by atoms with Crippen LogP contribution in [-0.2, 0) is 0 Å². The monoisotopic (exact) mass is 235 g/mol. The van der Waals surface area contributed by atoms with Crippen molar-refractivity contribution < 1.29 is 14.8 Å². The predicted molar refractivity (Wildman–Crippen MR) is 52.8 cm³/mol. The first-order valence-electron chi connectivity index (χ1n) is 4.62. The fraction of sp³-hybridized carbons (Fsp3) is 1.00. The molecule has 0 spiro atoms. The fourth-order valence-corrected chi connectivity index (χ4v) is 1.66. The van der Waals surface area contributed by atoms with Crippen LogP contribution in [0.1, 0.15) is 13.8 Å². The fourth-order valence-electron chi connectivity index (χ4n) is 1.66. The minimum atomic E-state index is -1.27. The first-order valence-corrected chi connectivity index (χ1v) is 4.62. The normalized spacial score (nSPS) is 16.1. The molecule has 0 fully saturated rings. The Labute approximate surface area is 90.9 Å². The molecule has 0 radical (unpaired) electrons. The van der Waals surface area contributed by atoms with Crippen molar-refractivity contribution in [3.05, 3.63) is 30.3 Å². The average Bonchev–Trinajstić information content (AvgIpc) is 1.98. The van der Waals surface area contributed by atoms with Gasteiger partial charge in [0.05, 0.1) is 11.8 Å². The molecule has 0 aromatic heterocycles. The van der Waals surface area contributed by atoms with E-state index in [2.05, 4.69) is 0 Å². The molecule has 0 rings (SSSR count). The molecule has 2 unspecified atom stereocenters. The summed E-state index contributed by atoms with van der Waals surface area (Å²) in [6.45, 7) is 1.58. The van der Waals surface area contributed by atoms with E-state index < -0.39 is 45.7 Å². The molecule has 0 bridgehead atoms. The lowest BCUT2D eigenvalue weighted by Gasteiger charge is -2.17. The molecule has 9 nitrogen and oxygen atoms in total. The van der Waals surface area contributed by atoms with Crippen molar-refractivity contribution in [2.45, 2.75) is 19.9 Å². The molecule has 0 saturated heterocycles. The van der Waals surface area contributed by atoms with Crippen LogP contribution in [0.3, 0.4) is 0 Å². The van der Waals surface area contributed by atoms with Crippen LogP contribution in [0.4, 0.5) is 0 Å². The van der Waals surface area contributed by atoms with Crippen molar-refractivity contribution >= 4 is 0 Å². The Kier molecular flexibility index (Phi) is 5.26. The van der Waals surface area contributed by atoms with Gasteiger partial charge in [0.1, 0.15) is 0 Å². The Hall–Kier alpha value is -1.80. The van der Waals surface area contributed by atoms with Gasteiger partial charge in [-0.3, -0.25) is 30.3 Å². The van der Waals surface area contributed by atoms with Crippen molar-refractivity contribution in [3.63, 3.8) is 0 Å². The van der Waals surface area contributed by atoms with E-state index >= 15 is 0 Å². The minimum Gasteiger partial charge on any atom is -0.265 e. The minimum absolute atomic E-state index is 0.562. The van der Waals surface area contributed by atoms with E-state index in [4.69, 9.17) is 0 Å². The first-order chi connectivity index (χ1) is 7.25. The van der Waals surface area contributed by atoms with Gasteiger partial charge >= 0.3 is 0 Å². The van der Waals surface area contributed by atoms with Crippen molar-refractivity contribution in [1.82, 2.24) is 0 Å². The second-order valence-electron chi connectivity index (χ2n) is 3.76. The summed E-state index contributed by atoms with van der Waals surface area (Å²) in [4.78, 5) is 29.2. The third kappa shape index (κ3) is 4.62. The summed E-state index contributed by atoms with van der Waals surface area (Å²) in [6, 6.07) is -1.27. The second-order valence-corrected chi connectivity index (χ2v) is 3.76. The van der Waals surface area contributed by atoms with Crippen LogP contribution < -0.4 is 0 Å². The van der Waals surface area contributed by atoms with Gasteiger partial charge in [-0.05, 0) is 13.8 Å². The van der Waals surface area contributed by atoms with Crippen molar-refractivity contribution in [2.24, 2.45) is 11.8 Å². The van der Waals surface area contributed by atoms with E-state index in [0.29, 0.717) is 0 Å². The molecular formula is C7H13N3O6. The molecule has 92 valence electrons. The number of nitro groups is 3. The third-order valence-electron chi connectivity index (χ3n) is 2.28. The summed E-state index contributed by atoms with van der Waals surface area (Å²) >= 11 is 0. The molecule has 0 saturated carbocycles. The van der Waals surface area contributed by atoms with Gasteiger partial charge in [0.2, 0.25) is 19.1 Å². The Morgan fingerprint density at radius 1 is 0.875 bits per heavy atom. The lowest BCUT2D eigenvalue weighted by Crippen LogP contribution is -2.40. The summed E-state index contributed by atoms with van der Waals surface area (Å²) in [5, 5.41) is 31.2. The van der Waals surface area contributed by atoms with Gasteiger partial charge in [0.25, 0.3) is 0 Å². The van der Waals surface area contributed by atoms with Crippen molar-refractivity contribution in [1.29, 1.82) is 0 Å². The Bertz CT molecular complexity index is 272. The van der Waals surface area contributed by atoms with Crippen LogP contribution in [0, 0.1) is 42.2 Å². The molecule has 9 heteroatoms. The predicted octanol–water partition coefficient (Wildman–Crippen LogP) is 0.457. The van der Waals surface area contributed by atoms with Crippen LogP contribution in [0.25, 0.3) is 0 Å². The zero-order chi connectivity index (χ0) is 12.9. The Balaban J connectivity index is 4.65. The molecule has 16 heavy (non-hydrogen) atoms. The molecule has 0 aliphatic carbocycles. The second kappa shape index (κ2) is 5.93. The Morgan fingerprint density at radius 2 is 1.19 bits per heavy atom. The van der Waals surface area contributed by atoms with Crippen LogP contribution in [0.5, 0.6) is 0 Å². The molecular weight excluding hydrogens is 222 g/mol. The van der Waals surface area contributed by atoms with E-state index in [-0.39, 0.29) is 0 Å². The molecule has 0 aliphatic rings. The highest BCUT2D eigenvalue weighted by Gasteiger charge is 2.39. The van der Waals surface area contributed by atoms with E-state index in [9.17, 15) is 30.3 Å². The van der Waals surface area contributed by atoms with Crippen LogP contribution in [0.15, 0.2) is 0 Å². The number of rotatable bonds is 7. The van der Waals surface area contributed by atoms with Gasteiger partial charge in [0.15, 0.2) is 0 Å².